The summed E-state index contributed by atoms with van der Waals surface area (Å²) in [5, 5.41) is 6.70. The van der Waals surface area contributed by atoms with Gasteiger partial charge in [-0.25, -0.2) is 4.99 Å². The fraction of sp³-hybridized carbons (Fsp3) is 0.500. The van der Waals surface area contributed by atoms with Crippen LogP contribution in [0.2, 0.25) is 0 Å². The summed E-state index contributed by atoms with van der Waals surface area (Å²) in [6.07, 6.45) is 4.00. The van der Waals surface area contributed by atoms with E-state index in [2.05, 4.69) is 27.0 Å². The molecular weight excluding hydrogens is 333 g/mol. The van der Waals surface area contributed by atoms with E-state index >= 15 is 0 Å². The van der Waals surface area contributed by atoms with Gasteiger partial charge in [0.25, 0.3) is 0 Å². The lowest BCUT2D eigenvalue weighted by Crippen LogP contribution is -2.31. The quantitative estimate of drug-likeness (QED) is 0.360. The summed E-state index contributed by atoms with van der Waals surface area (Å²) in [6, 6.07) is 0. The molecule has 0 radical (unpaired) electrons. The SMILES string of the molecule is C=CCNC(N)=NCc1noc(C2CC2)n1.I. The Morgan fingerprint density at radius 1 is 1.65 bits per heavy atom. The largest absolute Gasteiger partial charge is 0.370 e. The van der Waals surface area contributed by atoms with Gasteiger partial charge in [-0.15, -0.1) is 30.6 Å². The molecule has 0 amide bonds. The van der Waals surface area contributed by atoms with E-state index in [1.54, 1.807) is 6.08 Å². The van der Waals surface area contributed by atoms with Gasteiger partial charge in [0.2, 0.25) is 5.89 Å². The molecule has 1 aromatic heterocycles. The van der Waals surface area contributed by atoms with Crippen molar-refractivity contribution in [1.29, 1.82) is 0 Å². The lowest BCUT2D eigenvalue weighted by molar-refractivity contribution is 0.374. The van der Waals surface area contributed by atoms with Gasteiger partial charge in [-0.2, -0.15) is 4.98 Å². The molecule has 1 heterocycles. The molecule has 0 atom stereocenters. The average Bonchev–Trinajstić information content (AvgIpc) is 3.03. The molecule has 0 bridgehead atoms. The number of nitrogens with zero attached hydrogens (tertiary/aromatic N) is 3. The van der Waals surface area contributed by atoms with E-state index in [0.29, 0.717) is 30.8 Å². The lowest BCUT2D eigenvalue weighted by Gasteiger charge is -1.99. The van der Waals surface area contributed by atoms with Crippen molar-refractivity contribution in [3.63, 3.8) is 0 Å². The number of rotatable bonds is 5. The monoisotopic (exact) mass is 349 g/mol. The fourth-order valence-electron chi connectivity index (χ4n) is 1.22. The van der Waals surface area contributed by atoms with Crippen LogP contribution >= 0.6 is 24.0 Å². The van der Waals surface area contributed by atoms with E-state index in [1.807, 2.05) is 0 Å². The van der Waals surface area contributed by atoms with E-state index in [1.165, 1.54) is 0 Å². The number of nitrogens with two attached hydrogens (primary N) is 1. The maximum Gasteiger partial charge on any atom is 0.229 e. The molecule has 1 aromatic rings. The summed E-state index contributed by atoms with van der Waals surface area (Å²) < 4.78 is 5.09. The number of nitrogens with one attached hydrogen (secondary N) is 1. The zero-order chi connectivity index (χ0) is 11.4. The van der Waals surface area contributed by atoms with Crippen LogP contribution in [0.15, 0.2) is 22.2 Å². The van der Waals surface area contributed by atoms with Crippen molar-refractivity contribution < 1.29 is 4.52 Å². The van der Waals surface area contributed by atoms with E-state index < -0.39 is 0 Å². The van der Waals surface area contributed by atoms with Crippen LogP contribution in [0.25, 0.3) is 0 Å². The normalized spacial score (nSPS) is 15.2. The topological polar surface area (TPSA) is 89.3 Å². The minimum atomic E-state index is 0. The van der Waals surface area contributed by atoms with E-state index in [4.69, 9.17) is 10.3 Å². The minimum absolute atomic E-state index is 0. The molecule has 0 saturated heterocycles. The molecule has 1 aliphatic carbocycles. The van der Waals surface area contributed by atoms with Crippen LogP contribution in [-0.4, -0.2) is 22.6 Å². The first-order valence-electron chi connectivity index (χ1n) is 5.26. The Morgan fingerprint density at radius 3 is 3.06 bits per heavy atom. The minimum Gasteiger partial charge on any atom is -0.370 e. The third kappa shape index (κ3) is 4.33. The highest BCUT2D eigenvalue weighted by Gasteiger charge is 2.29. The van der Waals surface area contributed by atoms with Crippen molar-refractivity contribution in [3.05, 3.63) is 24.4 Å². The number of hydrogen-bond acceptors (Lipinski definition) is 4. The average molecular weight is 349 g/mol. The predicted octanol–water partition coefficient (Wildman–Crippen LogP) is 1.16. The number of hydrogen-bond donors (Lipinski definition) is 2. The molecule has 0 aromatic carbocycles. The smallest absolute Gasteiger partial charge is 0.229 e. The van der Waals surface area contributed by atoms with E-state index in [-0.39, 0.29) is 24.0 Å². The van der Waals surface area contributed by atoms with Crippen molar-refractivity contribution in [1.82, 2.24) is 15.5 Å². The number of halogens is 1. The molecule has 1 saturated carbocycles. The van der Waals surface area contributed by atoms with Crippen LogP contribution < -0.4 is 11.1 Å². The molecule has 1 aliphatic rings. The number of aromatic nitrogens is 2. The molecule has 6 nitrogen and oxygen atoms in total. The highest BCUT2D eigenvalue weighted by Crippen LogP contribution is 2.38. The van der Waals surface area contributed by atoms with Crippen LogP contribution in [0.4, 0.5) is 0 Å². The Kier molecular flexibility index (Phi) is 5.39. The van der Waals surface area contributed by atoms with Gasteiger partial charge < -0.3 is 15.6 Å². The van der Waals surface area contributed by atoms with Gasteiger partial charge in [-0.05, 0) is 12.8 Å². The highest BCUT2D eigenvalue weighted by atomic mass is 127. The number of guanidine groups is 1. The van der Waals surface area contributed by atoms with Crippen molar-refractivity contribution >= 4 is 29.9 Å². The van der Waals surface area contributed by atoms with Crippen molar-refractivity contribution in [2.45, 2.75) is 25.3 Å². The summed E-state index contributed by atoms with van der Waals surface area (Å²) >= 11 is 0. The third-order valence-corrected chi connectivity index (χ3v) is 2.23. The van der Waals surface area contributed by atoms with Gasteiger partial charge in [0.05, 0.1) is 0 Å². The molecular formula is C10H16IN5O. The van der Waals surface area contributed by atoms with Crippen LogP contribution in [0, 0.1) is 0 Å². The Bertz CT molecular complexity index is 399. The molecule has 17 heavy (non-hydrogen) atoms. The second-order valence-corrected chi connectivity index (χ2v) is 3.69. The van der Waals surface area contributed by atoms with Gasteiger partial charge in [-0.3, -0.25) is 0 Å². The maximum absolute atomic E-state index is 5.59. The Balaban J connectivity index is 0.00000144. The molecule has 1 fully saturated rings. The molecule has 3 N–H and O–H groups in total. The molecule has 2 rings (SSSR count). The molecule has 94 valence electrons. The molecule has 7 heteroatoms. The standard InChI is InChI=1S/C10H15N5O.HI/c1-2-5-12-10(11)13-6-8-14-9(16-15-8)7-3-4-7;/h2,7H,1,3-6H2,(H3,11,12,13);1H. The van der Waals surface area contributed by atoms with Gasteiger partial charge in [0.15, 0.2) is 11.8 Å². The van der Waals surface area contributed by atoms with Gasteiger partial charge >= 0.3 is 0 Å². The zero-order valence-corrected chi connectivity index (χ0v) is 11.8. The summed E-state index contributed by atoms with van der Waals surface area (Å²) in [5.74, 6) is 2.13. The summed E-state index contributed by atoms with van der Waals surface area (Å²) in [7, 11) is 0. The first-order valence-corrected chi connectivity index (χ1v) is 5.26. The molecule has 0 spiro atoms. The second-order valence-electron chi connectivity index (χ2n) is 3.69. The Morgan fingerprint density at radius 2 is 2.41 bits per heavy atom. The van der Waals surface area contributed by atoms with Crippen molar-refractivity contribution in [3.8, 4) is 0 Å². The summed E-state index contributed by atoms with van der Waals surface area (Å²) in [4.78, 5) is 8.31. The fourth-order valence-corrected chi connectivity index (χ4v) is 1.22. The van der Waals surface area contributed by atoms with Crippen LogP contribution in [-0.2, 0) is 6.54 Å². The van der Waals surface area contributed by atoms with Crippen LogP contribution in [0.1, 0.15) is 30.5 Å². The summed E-state index contributed by atoms with van der Waals surface area (Å²) in [6.45, 7) is 4.50. The predicted molar refractivity (Wildman–Crippen MR) is 75.2 cm³/mol. The lowest BCUT2D eigenvalue weighted by atomic mass is 10.4. The van der Waals surface area contributed by atoms with Crippen molar-refractivity contribution in [2.24, 2.45) is 10.7 Å². The Hall–Kier alpha value is -1.12. The third-order valence-electron chi connectivity index (χ3n) is 2.23. The van der Waals surface area contributed by atoms with Crippen molar-refractivity contribution in [2.75, 3.05) is 6.54 Å². The van der Waals surface area contributed by atoms with Gasteiger partial charge in [0, 0.05) is 12.5 Å². The van der Waals surface area contributed by atoms with Gasteiger partial charge in [0.1, 0.15) is 6.54 Å². The number of aliphatic imine (C=N–C) groups is 1. The van der Waals surface area contributed by atoms with Crippen LogP contribution in [0.3, 0.4) is 0 Å². The Labute approximate surface area is 117 Å². The van der Waals surface area contributed by atoms with E-state index in [0.717, 1.165) is 18.7 Å². The molecule has 0 unspecified atom stereocenters. The van der Waals surface area contributed by atoms with Gasteiger partial charge in [-0.1, -0.05) is 11.2 Å². The second kappa shape index (κ2) is 6.58. The van der Waals surface area contributed by atoms with Crippen LogP contribution in [0.5, 0.6) is 0 Å². The highest BCUT2D eigenvalue weighted by molar-refractivity contribution is 14.0. The maximum atomic E-state index is 5.59. The first kappa shape index (κ1) is 13.9. The zero-order valence-electron chi connectivity index (χ0n) is 9.43. The molecule has 0 aliphatic heterocycles. The van der Waals surface area contributed by atoms with E-state index in [9.17, 15) is 0 Å². The first-order chi connectivity index (χ1) is 7.79. The summed E-state index contributed by atoms with van der Waals surface area (Å²) in [5.41, 5.74) is 5.59.